The van der Waals surface area contributed by atoms with E-state index < -0.39 is 0 Å². The third-order valence-electron chi connectivity index (χ3n) is 2.59. The predicted molar refractivity (Wildman–Crippen MR) is 79.2 cm³/mol. The molecule has 1 aromatic carbocycles. The third kappa shape index (κ3) is 2.97. The Kier molecular flexibility index (Phi) is 4.01. The zero-order valence-electron chi connectivity index (χ0n) is 9.32. The number of pyridine rings is 1. The number of benzene rings is 1. The van der Waals surface area contributed by atoms with E-state index in [2.05, 4.69) is 27.6 Å². The van der Waals surface area contributed by atoms with Crippen LogP contribution in [-0.2, 0) is 0 Å². The first kappa shape index (κ1) is 12.8. The first-order valence-electron chi connectivity index (χ1n) is 5.21. The van der Waals surface area contributed by atoms with Crippen LogP contribution in [0, 0.1) is 10.5 Å². The van der Waals surface area contributed by atoms with Crippen molar-refractivity contribution in [2.75, 3.05) is 0 Å². The van der Waals surface area contributed by atoms with Gasteiger partial charge in [-0.05, 0) is 64.9 Å². The van der Waals surface area contributed by atoms with Gasteiger partial charge in [-0.15, -0.1) is 0 Å². The van der Waals surface area contributed by atoms with Gasteiger partial charge in [0.2, 0.25) is 0 Å². The molecule has 2 nitrogen and oxygen atoms in total. The van der Waals surface area contributed by atoms with Gasteiger partial charge in [0.25, 0.3) is 0 Å². The van der Waals surface area contributed by atoms with E-state index in [1.807, 2.05) is 43.5 Å². The van der Waals surface area contributed by atoms with Crippen LogP contribution in [0.4, 0.5) is 0 Å². The molecule has 1 aromatic heterocycles. The first-order chi connectivity index (χ1) is 8.08. The number of nitrogens with two attached hydrogens (primary N) is 1. The maximum Gasteiger partial charge on any atom is 0.0577 e. The molecule has 1 atom stereocenters. The Bertz CT molecular complexity index is 525. The van der Waals surface area contributed by atoms with E-state index in [1.54, 1.807) is 0 Å². The average Bonchev–Trinajstić information content (AvgIpc) is 2.32. The third-order valence-corrected chi connectivity index (χ3v) is 3.80. The largest absolute Gasteiger partial charge is 0.320 e. The van der Waals surface area contributed by atoms with Crippen LogP contribution in [0.3, 0.4) is 0 Å². The number of rotatable bonds is 2. The monoisotopic (exact) mass is 358 g/mol. The summed E-state index contributed by atoms with van der Waals surface area (Å²) in [7, 11) is 0. The fraction of sp³-hybridized carbons (Fsp3) is 0.154. The Morgan fingerprint density at radius 2 is 2.06 bits per heavy atom. The van der Waals surface area contributed by atoms with Crippen LogP contribution >= 0.6 is 34.2 Å². The molecule has 2 aromatic rings. The number of aryl methyl sites for hydroxylation is 1. The Hall–Kier alpha value is -0.650. The van der Waals surface area contributed by atoms with E-state index in [9.17, 15) is 0 Å². The molecule has 0 saturated heterocycles. The first-order valence-corrected chi connectivity index (χ1v) is 6.66. The quantitative estimate of drug-likeness (QED) is 0.832. The molecule has 0 saturated carbocycles. The fourth-order valence-electron chi connectivity index (χ4n) is 1.60. The molecule has 2 N–H and O–H groups in total. The van der Waals surface area contributed by atoms with Crippen LogP contribution in [0.15, 0.2) is 36.5 Å². The molecule has 0 aliphatic heterocycles. The molecule has 0 spiro atoms. The van der Waals surface area contributed by atoms with E-state index in [4.69, 9.17) is 17.3 Å². The van der Waals surface area contributed by atoms with Crippen LogP contribution in [0.5, 0.6) is 0 Å². The number of halogens is 2. The second-order valence-corrected chi connectivity index (χ2v) is 5.48. The van der Waals surface area contributed by atoms with E-state index >= 15 is 0 Å². The van der Waals surface area contributed by atoms with Crippen LogP contribution in [0.25, 0.3) is 0 Å². The molecule has 1 unspecified atom stereocenters. The highest BCUT2D eigenvalue weighted by molar-refractivity contribution is 14.1. The van der Waals surface area contributed by atoms with Crippen LogP contribution in [0.2, 0.25) is 5.02 Å². The van der Waals surface area contributed by atoms with Crippen molar-refractivity contribution in [3.05, 3.63) is 61.9 Å². The SMILES string of the molecule is Cc1ccc(C(N)c2cc(Cl)ccc2I)cn1. The fourth-order valence-corrected chi connectivity index (χ4v) is 2.45. The maximum absolute atomic E-state index is 6.23. The summed E-state index contributed by atoms with van der Waals surface area (Å²) in [5.41, 5.74) is 9.25. The molecular formula is C13H12ClIN2. The van der Waals surface area contributed by atoms with Crippen molar-refractivity contribution in [2.24, 2.45) is 5.73 Å². The summed E-state index contributed by atoms with van der Waals surface area (Å²) in [6.45, 7) is 1.96. The molecule has 1 heterocycles. The second kappa shape index (κ2) is 5.33. The topological polar surface area (TPSA) is 38.9 Å². The molecule has 0 bridgehead atoms. The molecule has 88 valence electrons. The Morgan fingerprint density at radius 1 is 1.29 bits per heavy atom. The zero-order valence-corrected chi connectivity index (χ0v) is 12.2. The highest BCUT2D eigenvalue weighted by Crippen LogP contribution is 2.26. The van der Waals surface area contributed by atoms with Gasteiger partial charge in [0.05, 0.1) is 6.04 Å². The highest BCUT2D eigenvalue weighted by Gasteiger charge is 2.12. The molecule has 0 fully saturated rings. The number of aromatic nitrogens is 1. The lowest BCUT2D eigenvalue weighted by Crippen LogP contribution is -2.13. The van der Waals surface area contributed by atoms with Crippen molar-refractivity contribution in [1.29, 1.82) is 0 Å². The van der Waals surface area contributed by atoms with Crippen molar-refractivity contribution in [3.8, 4) is 0 Å². The molecule has 0 aliphatic rings. The van der Waals surface area contributed by atoms with Crippen LogP contribution in [-0.4, -0.2) is 4.98 Å². The zero-order chi connectivity index (χ0) is 12.4. The van der Waals surface area contributed by atoms with Gasteiger partial charge in [-0.1, -0.05) is 17.7 Å². The molecule has 0 aliphatic carbocycles. The van der Waals surface area contributed by atoms with E-state index in [0.717, 1.165) is 20.4 Å². The van der Waals surface area contributed by atoms with Gasteiger partial charge in [0.1, 0.15) is 0 Å². The lowest BCUT2D eigenvalue weighted by molar-refractivity contribution is 0.854. The number of hydrogen-bond acceptors (Lipinski definition) is 2. The van der Waals surface area contributed by atoms with Crippen LogP contribution < -0.4 is 5.73 Å². The minimum atomic E-state index is -0.186. The van der Waals surface area contributed by atoms with Gasteiger partial charge >= 0.3 is 0 Å². The summed E-state index contributed by atoms with van der Waals surface area (Å²) in [6.07, 6.45) is 1.82. The molecule has 2 rings (SSSR count). The van der Waals surface area contributed by atoms with Crippen molar-refractivity contribution < 1.29 is 0 Å². The van der Waals surface area contributed by atoms with Gasteiger partial charge in [-0.25, -0.2) is 0 Å². The predicted octanol–water partition coefficient (Wildman–Crippen LogP) is 3.70. The number of nitrogens with zero attached hydrogens (tertiary/aromatic N) is 1. The molecule has 0 radical (unpaired) electrons. The lowest BCUT2D eigenvalue weighted by atomic mass is 10.0. The summed E-state index contributed by atoms with van der Waals surface area (Å²) in [4.78, 5) is 4.26. The molecule has 4 heteroatoms. The summed E-state index contributed by atoms with van der Waals surface area (Å²) < 4.78 is 1.11. The van der Waals surface area contributed by atoms with E-state index in [-0.39, 0.29) is 6.04 Å². The summed E-state index contributed by atoms with van der Waals surface area (Å²) in [6, 6.07) is 9.53. The van der Waals surface area contributed by atoms with E-state index in [1.165, 1.54) is 0 Å². The average molecular weight is 359 g/mol. The summed E-state index contributed by atoms with van der Waals surface area (Å²) in [5.74, 6) is 0. The Balaban J connectivity index is 2.39. The van der Waals surface area contributed by atoms with Gasteiger partial charge in [0, 0.05) is 20.5 Å². The molecule has 0 amide bonds. The Labute approximate surface area is 119 Å². The minimum absolute atomic E-state index is 0.186. The van der Waals surface area contributed by atoms with Gasteiger partial charge in [0.15, 0.2) is 0 Å². The smallest absolute Gasteiger partial charge is 0.0577 e. The summed E-state index contributed by atoms with van der Waals surface area (Å²) in [5, 5.41) is 0.705. The normalized spacial score (nSPS) is 12.5. The van der Waals surface area contributed by atoms with Gasteiger partial charge < -0.3 is 5.73 Å². The second-order valence-electron chi connectivity index (χ2n) is 3.88. The van der Waals surface area contributed by atoms with Gasteiger partial charge in [-0.2, -0.15) is 0 Å². The van der Waals surface area contributed by atoms with Crippen LogP contribution in [0.1, 0.15) is 22.9 Å². The van der Waals surface area contributed by atoms with Crippen molar-refractivity contribution in [1.82, 2.24) is 4.98 Å². The Morgan fingerprint density at radius 3 is 2.71 bits per heavy atom. The van der Waals surface area contributed by atoms with Crippen molar-refractivity contribution >= 4 is 34.2 Å². The van der Waals surface area contributed by atoms with Crippen molar-refractivity contribution in [3.63, 3.8) is 0 Å². The van der Waals surface area contributed by atoms with E-state index in [0.29, 0.717) is 5.02 Å². The minimum Gasteiger partial charge on any atom is -0.320 e. The molecule has 17 heavy (non-hydrogen) atoms. The summed E-state index contributed by atoms with van der Waals surface area (Å²) >= 11 is 8.27. The van der Waals surface area contributed by atoms with Gasteiger partial charge in [-0.3, -0.25) is 4.98 Å². The van der Waals surface area contributed by atoms with Crippen molar-refractivity contribution in [2.45, 2.75) is 13.0 Å². The maximum atomic E-state index is 6.23. The standard InChI is InChI=1S/C13H12ClIN2/c1-8-2-3-9(7-17-8)13(16)11-6-10(14)4-5-12(11)15/h2-7,13H,16H2,1H3. The number of hydrogen-bond donors (Lipinski definition) is 1. The molecular weight excluding hydrogens is 347 g/mol. The lowest BCUT2D eigenvalue weighted by Gasteiger charge is -2.14. The highest BCUT2D eigenvalue weighted by atomic mass is 127.